The van der Waals surface area contributed by atoms with Gasteiger partial charge in [0.15, 0.2) is 11.6 Å². The molecule has 49 heavy (non-hydrogen) atoms. The minimum atomic E-state index is -0.671. The second-order valence-electron chi connectivity index (χ2n) is 18.5. The van der Waals surface area contributed by atoms with Crippen molar-refractivity contribution in [2.45, 2.75) is 126 Å². The Labute approximate surface area is 291 Å². The lowest BCUT2D eigenvalue weighted by atomic mass is 9.33. The number of rotatable bonds is 5. The Bertz CT molecular complexity index is 1730. The summed E-state index contributed by atoms with van der Waals surface area (Å²) in [6.07, 6.45) is 11.6. The van der Waals surface area contributed by atoms with Crippen LogP contribution in [0.1, 0.15) is 129 Å². The number of hydrogen-bond acceptors (Lipinski definition) is 7. The molecule has 8 heteroatoms. The van der Waals surface area contributed by atoms with E-state index in [1.54, 1.807) is 23.0 Å². The van der Waals surface area contributed by atoms with E-state index in [0.717, 1.165) is 57.1 Å². The van der Waals surface area contributed by atoms with Crippen molar-refractivity contribution in [3.05, 3.63) is 53.4 Å². The fourth-order valence-electron chi connectivity index (χ4n) is 12.0. The van der Waals surface area contributed by atoms with Crippen molar-refractivity contribution in [3.8, 4) is 5.69 Å². The molecule has 1 aromatic heterocycles. The molecule has 5 aliphatic carbocycles. The van der Waals surface area contributed by atoms with E-state index in [1.807, 2.05) is 19.1 Å². The van der Waals surface area contributed by atoms with Gasteiger partial charge in [0.25, 0.3) is 0 Å². The van der Waals surface area contributed by atoms with Gasteiger partial charge >= 0.3 is 5.97 Å². The molecule has 7 rings (SSSR count). The standard InChI is InChI=1S/C41H55N3O5/c1-25(45)26-9-11-28(12-10-26)44-23-27(42-43-44)24-49-35(48)38(5)18-17-37(4)19-20-40(7)29(30(37)22-38)21-31(46)34-39(6)15-14-33(47)36(2,3)32(39)13-16-41(34,40)8/h9-12,21,23,30,32-34,47H,13-20,22,24H2,1-8H3/t30-,32-,33-,34+,37+,38-,39-,40+,41+/m0/s1. The van der Waals surface area contributed by atoms with E-state index in [0.29, 0.717) is 23.6 Å². The number of nitrogens with zero attached hydrogens (tertiary/aromatic N) is 3. The molecule has 0 bridgehead atoms. The number of aliphatic hydroxyl groups excluding tert-OH is 1. The molecule has 0 unspecified atom stereocenters. The summed E-state index contributed by atoms with van der Waals surface area (Å²) < 4.78 is 7.58. The molecular formula is C41H55N3O5. The predicted octanol–water partition coefficient (Wildman–Crippen LogP) is 7.85. The number of ketones is 2. The lowest BCUT2D eigenvalue weighted by Gasteiger charge is -2.70. The van der Waals surface area contributed by atoms with Crippen LogP contribution in [0.3, 0.4) is 0 Å². The number of carbonyl (C=O) groups excluding carboxylic acids is 3. The lowest BCUT2D eigenvalue weighted by molar-refractivity contribution is -0.202. The number of carbonyl (C=O) groups is 3. The maximum absolute atomic E-state index is 14.6. The largest absolute Gasteiger partial charge is 0.459 e. The van der Waals surface area contributed by atoms with Crippen LogP contribution >= 0.6 is 0 Å². The summed E-state index contributed by atoms with van der Waals surface area (Å²) in [5, 5.41) is 19.5. The van der Waals surface area contributed by atoms with E-state index in [9.17, 15) is 19.5 Å². The summed E-state index contributed by atoms with van der Waals surface area (Å²) in [5.74, 6) is 0.429. The minimum Gasteiger partial charge on any atom is -0.459 e. The summed E-state index contributed by atoms with van der Waals surface area (Å²) in [4.78, 5) is 40.2. The molecular weight excluding hydrogens is 614 g/mol. The first kappa shape index (κ1) is 34.3. The molecule has 0 aliphatic heterocycles. The Kier molecular flexibility index (Phi) is 7.83. The van der Waals surface area contributed by atoms with Crippen molar-refractivity contribution in [2.75, 3.05) is 0 Å². The summed E-state index contributed by atoms with van der Waals surface area (Å²) in [7, 11) is 0. The first-order valence-electron chi connectivity index (χ1n) is 18.5. The Morgan fingerprint density at radius 2 is 1.63 bits per heavy atom. The molecule has 0 saturated heterocycles. The third kappa shape index (κ3) is 4.97. The highest BCUT2D eigenvalue weighted by atomic mass is 16.5. The number of esters is 1. The average Bonchev–Trinajstić information content (AvgIpc) is 3.53. The quantitative estimate of drug-likeness (QED) is 0.255. The molecule has 5 aliphatic rings. The van der Waals surface area contributed by atoms with Crippen molar-refractivity contribution in [1.82, 2.24) is 15.0 Å². The third-order valence-electron chi connectivity index (χ3n) is 15.5. The number of Topliss-reactive ketones (excluding diaryl/α,β-unsaturated/α-hetero) is 1. The van der Waals surface area contributed by atoms with E-state index < -0.39 is 5.41 Å². The maximum Gasteiger partial charge on any atom is 0.312 e. The molecule has 1 heterocycles. The van der Waals surface area contributed by atoms with Gasteiger partial charge in [-0.05, 0) is 141 Å². The SMILES string of the molecule is CC(=O)c1ccc(-n2cc(COC(=O)[C@@]3(C)CC[C@]4(C)CC[C@]5(C)C(=CC(=O)[C@@H]6[C@@]7(C)CC[C@H](O)C(C)(C)[C@@H]7CC[C@]65C)[C@@H]4C3)nn2)cc1. The predicted molar refractivity (Wildman–Crippen MR) is 187 cm³/mol. The third-order valence-corrected chi connectivity index (χ3v) is 15.5. The number of ether oxygens (including phenoxy) is 1. The van der Waals surface area contributed by atoms with Crippen LogP contribution in [0.5, 0.6) is 0 Å². The normalized spacial score (nSPS) is 41.0. The van der Waals surface area contributed by atoms with E-state index in [-0.39, 0.29) is 69.2 Å². The average molecular weight is 670 g/mol. The van der Waals surface area contributed by atoms with Gasteiger partial charge in [0.2, 0.25) is 0 Å². The summed E-state index contributed by atoms with van der Waals surface area (Å²) in [6, 6.07) is 7.16. The lowest BCUT2D eigenvalue weighted by Crippen LogP contribution is -2.66. The van der Waals surface area contributed by atoms with Crippen molar-refractivity contribution in [2.24, 2.45) is 50.2 Å². The molecule has 1 N–H and O–H groups in total. The smallest absolute Gasteiger partial charge is 0.312 e. The highest BCUT2D eigenvalue weighted by Gasteiger charge is 2.70. The summed E-state index contributed by atoms with van der Waals surface area (Å²) in [6.45, 7) is 17.6. The first-order chi connectivity index (χ1) is 22.9. The summed E-state index contributed by atoms with van der Waals surface area (Å²) >= 11 is 0. The Hall–Kier alpha value is -3.13. The minimum absolute atomic E-state index is 0.00320. The number of allylic oxidation sites excluding steroid dienone is 2. The molecule has 1 aromatic carbocycles. The fourth-order valence-corrected chi connectivity index (χ4v) is 12.0. The highest BCUT2D eigenvalue weighted by Crippen LogP contribution is 2.75. The Morgan fingerprint density at radius 3 is 2.33 bits per heavy atom. The van der Waals surface area contributed by atoms with Crippen LogP contribution in [0, 0.1) is 50.2 Å². The van der Waals surface area contributed by atoms with Gasteiger partial charge in [0.05, 0.1) is 23.4 Å². The molecule has 2 aromatic rings. The zero-order chi connectivity index (χ0) is 35.4. The first-order valence-corrected chi connectivity index (χ1v) is 18.5. The van der Waals surface area contributed by atoms with Crippen molar-refractivity contribution in [3.63, 3.8) is 0 Å². The molecule has 4 fully saturated rings. The second kappa shape index (κ2) is 11.2. The van der Waals surface area contributed by atoms with Crippen molar-refractivity contribution >= 4 is 17.5 Å². The fraction of sp³-hybridized carbons (Fsp3) is 0.683. The van der Waals surface area contributed by atoms with Crippen LogP contribution in [0.15, 0.2) is 42.1 Å². The van der Waals surface area contributed by atoms with E-state index in [4.69, 9.17) is 4.74 Å². The monoisotopic (exact) mass is 669 g/mol. The van der Waals surface area contributed by atoms with Crippen LogP contribution in [0.25, 0.3) is 5.69 Å². The van der Waals surface area contributed by atoms with Gasteiger partial charge < -0.3 is 9.84 Å². The molecule has 0 spiro atoms. The van der Waals surface area contributed by atoms with Gasteiger partial charge in [0, 0.05) is 11.5 Å². The van der Waals surface area contributed by atoms with Crippen LogP contribution in [-0.2, 0) is 20.9 Å². The number of hydrogen-bond donors (Lipinski definition) is 1. The van der Waals surface area contributed by atoms with Crippen LogP contribution in [0.2, 0.25) is 0 Å². The zero-order valence-electron chi connectivity index (χ0n) is 30.8. The number of aliphatic hydroxyl groups is 1. The van der Waals surface area contributed by atoms with Crippen LogP contribution in [-0.4, -0.2) is 43.7 Å². The molecule has 0 amide bonds. The zero-order valence-corrected chi connectivity index (χ0v) is 30.8. The molecule has 264 valence electrons. The van der Waals surface area contributed by atoms with Crippen molar-refractivity contribution in [1.29, 1.82) is 0 Å². The van der Waals surface area contributed by atoms with Crippen LogP contribution in [0.4, 0.5) is 0 Å². The summed E-state index contributed by atoms with van der Waals surface area (Å²) in [5.41, 5.74) is 1.93. The molecule has 4 saturated carbocycles. The Morgan fingerprint density at radius 1 is 0.939 bits per heavy atom. The van der Waals surface area contributed by atoms with Crippen LogP contribution < -0.4 is 0 Å². The van der Waals surface area contributed by atoms with Gasteiger partial charge in [-0.25, -0.2) is 4.68 Å². The number of fused-ring (bicyclic) bond motifs is 7. The van der Waals surface area contributed by atoms with Gasteiger partial charge in [-0.1, -0.05) is 52.3 Å². The van der Waals surface area contributed by atoms with Gasteiger partial charge in [-0.2, -0.15) is 0 Å². The van der Waals surface area contributed by atoms with E-state index in [2.05, 4.69) is 57.9 Å². The maximum atomic E-state index is 14.6. The van der Waals surface area contributed by atoms with Gasteiger partial charge in [-0.3, -0.25) is 14.4 Å². The molecule has 8 nitrogen and oxygen atoms in total. The topological polar surface area (TPSA) is 111 Å². The van der Waals surface area contributed by atoms with Gasteiger partial charge in [-0.15, -0.1) is 5.10 Å². The van der Waals surface area contributed by atoms with Crippen molar-refractivity contribution < 1.29 is 24.2 Å². The van der Waals surface area contributed by atoms with E-state index in [1.165, 1.54) is 12.5 Å². The molecule has 0 radical (unpaired) electrons. The highest BCUT2D eigenvalue weighted by molar-refractivity contribution is 5.96. The Balaban J connectivity index is 1.12. The van der Waals surface area contributed by atoms with E-state index >= 15 is 0 Å². The second-order valence-corrected chi connectivity index (χ2v) is 18.5. The number of aromatic nitrogens is 3. The molecule has 9 atom stereocenters. The van der Waals surface area contributed by atoms with Gasteiger partial charge in [0.1, 0.15) is 12.3 Å². The number of benzene rings is 1.